The van der Waals surface area contributed by atoms with E-state index in [1.54, 1.807) is 45.0 Å². The van der Waals surface area contributed by atoms with Crippen LogP contribution >= 0.6 is 0 Å². The number of nitrogens with one attached hydrogen (secondary N) is 3. The monoisotopic (exact) mass is 423 g/mol. The normalized spacial score (nSPS) is 14.3. The Morgan fingerprint density at radius 2 is 1.45 bits per heavy atom. The van der Waals surface area contributed by atoms with Crippen LogP contribution in [0.3, 0.4) is 0 Å². The second kappa shape index (κ2) is 9.20. The smallest absolute Gasteiger partial charge is 0.412 e. The molecular weight excluding hydrogens is 394 g/mol. The van der Waals surface area contributed by atoms with Crippen LogP contribution in [-0.4, -0.2) is 23.5 Å². The Labute approximate surface area is 182 Å². The van der Waals surface area contributed by atoms with E-state index in [1.807, 2.05) is 31.2 Å². The van der Waals surface area contributed by atoms with Crippen LogP contribution < -0.4 is 16.0 Å². The van der Waals surface area contributed by atoms with Gasteiger partial charge in [0.25, 0.3) is 5.91 Å². The van der Waals surface area contributed by atoms with Gasteiger partial charge in [-0.3, -0.25) is 14.9 Å². The van der Waals surface area contributed by atoms with Gasteiger partial charge in [0.05, 0.1) is 6.04 Å². The molecule has 0 radical (unpaired) electrons. The summed E-state index contributed by atoms with van der Waals surface area (Å²) < 4.78 is 5.21. The third kappa shape index (κ3) is 6.84. The fraction of sp³-hybridized carbons (Fsp3) is 0.375. The van der Waals surface area contributed by atoms with Crippen molar-refractivity contribution in [1.82, 2.24) is 5.32 Å². The zero-order chi connectivity index (χ0) is 22.6. The molecule has 1 atom stereocenters. The summed E-state index contributed by atoms with van der Waals surface area (Å²) in [6.07, 6.45) is 1.38. The van der Waals surface area contributed by atoms with E-state index in [9.17, 15) is 14.4 Å². The minimum atomic E-state index is -0.582. The predicted molar refractivity (Wildman–Crippen MR) is 120 cm³/mol. The largest absolute Gasteiger partial charge is 0.444 e. The van der Waals surface area contributed by atoms with Gasteiger partial charge in [0.2, 0.25) is 5.91 Å². The minimum Gasteiger partial charge on any atom is -0.444 e. The lowest BCUT2D eigenvalue weighted by Gasteiger charge is -2.19. The standard InChI is InChI=1S/C24H29N3O4/c1-15(16-7-11-19(12-8-16)26-22(29)17-5-6-17)25-21(28)18-9-13-20(14-10-18)27-23(30)31-24(2,3)4/h7-15,17H,5-6H2,1-4H3,(H,25,28)(H,26,29)(H,27,30). The van der Waals surface area contributed by atoms with E-state index in [2.05, 4.69) is 16.0 Å². The Balaban J connectivity index is 1.53. The molecule has 0 spiro atoms. The molecule has 1 fully saturated rings. The van der Waals surface area contributed by atoms with Crippen LogP contribution in [0.5, 0.6) is 0 Å². The summed E-state index contributed by atoms with van der Waals surface area (Å²) >= 11 is 0. The van der Waals surface area contributed by atoms with E-state index < -0.39 is 11.7 Å². The molecule has 3 N–H and O–H groups in total. The molecule has 1 saturated carbocycles. The molecule has 1 aliphatic rings. The maximum Gasteiger partial charge on any atom is 0.412 e. The van der Waals surface area contributed by atoms with E-state index in [4.69, 9.17) is 4.74 Å². The third-order valence-corrected chi connectivity index (χ3v) is 4.77. The number of amides is 3. The first kappa shape index (κ1) is 22.3. The summed E-state index contributed by atoms with van der Waals surface area (Å²) in [5.41, 5.74) is 2.13. The third-order valence-electron chi connectivity index (χ3n) is 4.77. The van der Waals surface area contributed by atoms with Gasteiger partial charge in [0, 0.05) is 22.9 Å². The van der Waals surface area contributed by atoms with Crippen molar-refractivity contribution in [3.8, 4) is 0 Å². The number of hydrogen-bond donors (Lipinski definition) is 3. The fourth-order valence-electron chi connectivity index (χ4n) is 2.93. The molecule has 0 saturated heterocycles. The Morgan fingerprint density at radius 1 is 0.903 bits per heavy atom. The van der Waals surface area contributed by atoms with Gasteiger partial charge in [0.15, 0.2) is 0 Å². The maximum absolute atomic E-state index is 12.6. The summed E-state index contributed by atoms with van der Waals surface area (Å²) in [4.78, 5) is 36.2. The average Bonchev–Trinajstić information content (AvgIpc) is 3.53. The highest BCUT2D eigenvalue weighted by Crippen LogP contribution is 2.30. The SMILES string of the molecule is CC(NC(=O)c1ccc(NC(=O)OC(C)(C)C)cc1)c1ccc(NC(=O)C2CC2)cc1. The maximum atomic E-state index is 12.6. The summed E-state index contributed by atoms with van der Waals surface area (Å²) in [7, 11) is 0. The second-order valence-corrected chi connectivity index (χ2v) is 8.78. The molecule has 2 aromatic carbocycles. The Hall–Kier alpha value is -3.35. The molecule has 0 aliphatic heterocycles. The zero-order valence-electron chi connectivity index (χ0n) is 18.3. The van der Waals surface area contributed by atoms with Gasteiger partial charge in [0.1, 0.15) is 5.60 Å². The first-order chi connectivity index (χ1) is 14.6. The number of carbonyl (C=O) groups excluding carboxylic acids is 3. The van der Waals surface area contributed by atoms with Crippen molar-refractivity contribution >= 4 is 29.3 Å². The molecule has 1 unspecified atom stereocenters. The van der Waals surface area contributed by atoms with Crippen molar-refractivity contribution < 1.29 is 19.1 Å². The predicted octanol–water partition coefficient (Wildman–Crippen LogP) is 4.87. The molecule has 0 heterocycles. The highest BCUT2D eigenvalue weighted by Gasteiger charge is 2.29. The number of carbonyl (C=O) groups is 3. The molecule has 2 aromatic rings. The Bertz CT molecular complexity index is 942. The van der Waals surface area contributed by atoms with Crippen LogP contribution in [0.25, 0.3) is 0 Å². The molecular formula is C24H29N3O4. The van der Waals surface area contributed by atoms with Gasteiger partial charge in [-0.15, -0.1) is 0 Å². The topological polar surface area (TPSA) is 96.5 Å². The number of ether oxygens (including phenoxy) is 1. The quantitative estimate of drug-likeness (QED) is 0.617. The van der Waals surface area contributed by atoms with E-state index >= 15 is 0 Å². The van der Waals surface area contributed by atoms with Crippen molar-refractivity contribution in [2.45, 2.75) is 52.2 Å². The van der Waals surface area contributed by atoms with Gasteiger partial charge in [-0.05, 0) is 82.5 Å². The summed E-state index contributed by atoms with van der Waals surface area (Å²) in [6.45, 7) is 7.27. The van der Waals surface area contributed by atoms with Gasteiger partial charge < -0.3 is 15.4 Å². The summed E-state index contributed by atoms with van der Waals surface area (Å²) in [5.74, 6) is 0.00440. The van der Waals surface area contributed by atoms with E-state index in [-0.39, 0.29) is 23.8 Å². The first-order valence-corrected chi connectivity index (χ1v) is 10.4. The van der Waals surface area contributed by atoms with Crippen LogP contribution in [0.1, 0.15) is 62.5 Å². The molecule has 0 bridgehead atoms. The number of hydrogen-bond acceptors (Lipinski definition) is 4. The number of rotatable bonds is 6. The number of benzene rings is 2. The molecule has 0 aromatic heterocycles. The van der Waals surface area contributed by atoms with Crippen molar-refractivity contribution in [3.05, 3.63) is 59.7 Å². The van der Waals surface area contributed by atoms with Gasteiger partial charge >= 0.3 is 6.09 Å². The fourth-order valence-corrected chi connectivity index (χ4v) is 2.93. The van der Waals surface area contributed by atoms with E-state index in [1.165, 1.54) is 0 Å². The van der Waals surface area contributed by atoms with Crippen LogP contribution in [0.15, 0.2) is 48.5 Å². The summed E-state index contributed by atoms with van der Waals surface area (Å²) in [6, 6.07) is 13.9. The van der Waals surface area contributed by atoms with Gasteiger partial charge in [-0.25, -0.2) is 4.79 Å². The Morgan fingerprint density at radius 3 is 2.00 bits per heavy atom. The lowest BCUT2D eigenvalue weighted by atomic mass is 10.1. The molecule has 3 rings (SSSR count). The lowest BCUT2D eigenvalue weighted by Crippen LogP contribution is -2.27. The first-order valence-electron chi connectivity index (χ1n) is 10.4. The van der Waals surface area contributed by atoms with Crippen LogP contribution in [0, 0.1) is 5.92 Å². The molecule has 7 heteroatoms. The molecule has 3 amide bonds. The lowest BCUT2D eigenvalue weighted by molar-refractivity contribution is -0.117. The minimum absolute atomic E-state index is 0.0682. The van der Waals surface area contributed by atoms with Gasteiger partial charge in [-0.1, -0.05) is 12.1 Å². The Kier molecular flexibility index (Phi) is 6.63. The van der Waals surface area contributed by atoms with Crippen LogP contribution in [0.4, 0.5) is 16.2 Å². The van der Waals surface area contributed by atoms with E-state index in [0.717, 1.165) is 24.1 Å². The van der Waals surface area contributed by atoms with E-state index in [0.29, 0.717) is 11.3 Å². The second-order valence-electron chi connectivity index (χ2n) is 8.78. The number of anilines is 2. The molecule has 164 valence electrons. The van der Waals surface area contributed by atoms with Crippen molar-refractivity contribution in [2.75, 3.05) is 10.6 Å². The van der Waals surface area contributed by atoms with Crippen molar-refractivity contribution in [3.63, 3.8) is 0 Å². The van der Waals surface area contributed by atoms with Crippen molar-refractivity contribution in [2.24, 2.45) is 5.92 Å². The highest BCUT2D eigenvalue weighted by atomic mass is 16.6. The average molecular weight is 424 g/mol. The zero-order valence-corrected chi connectivity index (χ0v) is 18.3. The van der Waals surface area contributed by atoms with Crippen LogP contribution in [0.2, 0.25) is 0 Å². The van der Waals surface area contributed by atoms with Crippen molar-refractivity contribution in [1.29, 1.82) is 0 Å². The molecule has 31 heavy (non-hydrogen) atoms. The summed E-state index contributed by atoms with van der Waals surface area (Å²) in [5, 5.41) is 8.49. The molecule has 7 nitrogen and oxygen atoms in total. The van der Waals surface area contributed by atoms with Crippen LogP contribution in [-0.2, 0) is 9.53 Å². The highest BCUT2D eigenvalue weighted by molar-refractivity contribution is 5.95. The van der Waals surface area contributed by atoms with Gasteiger partial charge in [-0.2, -0.15) is 0 Å². The molecule has 1 aliphatic carbocycles.